The van der Waals surface area contributed by atoms with Crippen LogP contribution in [-0.2, 0) is 16.6 Å². The molecule has 0 saturated carbocycles. The van der Waals surface area contributed by atoms with Gasteiger partial charge in [0.2, 0.25) is 10.0 Å². The first-order valence-electron chi connectivity index (χ1n) is 9.74. The second kappa shape index (κ2) is 9.13. The fraction of sp³-hybridized carbons (Fsp3) is 0.318. The Morgan fingerprint density at radius 2 is 1.76 bits per heavy atom. The number of sulfonamides is 1. The maximum atomic E-state index is 12.3. The lowest BCUT2D eigenvalue weighted by molar-refractivity contribution is 0.481. The fourth-order valence-electron chi connectivity index (χ4n) is 3.04. The SMILES string of the molecule is CCCCS(=O)(=O)Nc1c(C)nn(Cc2cccc(Oc3ccccc3)c2)c1C. The minimum Gasteiger partial charge on any atom is -0.457 e. The Bertz CT molecular complexity index is 1060. The van der Waals surface area contributed by atoms with Gasteiger partial charge in [-0.2, -0.15) is 5.10 Å². The first-order chi connectivity index (χ1) is 13.9. The number of nitrogens with zero attached hydrogens (tertiary/aromatic N) is 2. The van der Waals surface area contributed by atoms with Crippen molar-refractivity contribution in [1.29, 1.82) is 0 Å². The maximum Gasteiger partial charge on any atom is 0.232 e. The zero-order valence-corrected chi connectivity index (χ0v) is 17.9. The van der Waals surface area contributed by atoms with E-state index >= 15 is 0 Å². The molecule has 0 saturated heterocycles. The van der Waals surface area contributed by atoms with Crippen LogP contribution in [0.4, 0.5) is 5.69 Å². The van der Waals surface area contributed by atoms with E-state index in [4.69, 9.17) is 4.74 Å². The minimum absolute atomic E-state index is 0.117. The molecule has 1 aromatic heterocycles. The van der Waals surface area contributed by atoms with E-state index in [1.165, 1.54) is 0 Å². The Balaban J connectivity index is 1.76. The summed E-state index contributed by atoms with van der Waals surface area (Å²) in [6.07, 6.45) is 1.47. The molecule has 154 valence electrons. The number of aryl methyl sites for hydroxylation is 1. The molecule has 0 aliphatic rings. The maximum absolute atomic E-state index is 12.3. The van der Waals surface area contributed by atoms with Crippen molar-refractivity contribution in [3.63, 3.8) is 0 Å². The lowest BCUT2D eigenvalue weighted by atomic mass is 10.2. The van der Waals surface area contributed by atoms with Crippen LogP contribution in [0.1, 0.15) is 36.7 Å². The van der Waals surface area contributed by atoms with Crippen LogP contribution in [0.3, 0.4) is 0 Å². The number of unbranched alkanes of at least 4 members (excludes halogenated alkanes) is 1. The quantitative estimate of drug-likeness (QED) is 0.542. The number of ether oxygens (including phenoxy) is 1. The Labute approximate surface area is 172 Å². The van der Waals surface area contributed by atoms with E-state index in [0.29, 0.717) is 24.3 Å². The van der Waals surface area contributed by atoms with Crippen molar-refractivity contribution in [2.75, 3.05) is 10.5 Å². The number of hydrogen-bond donors (Lipinski definition) is 1. The topological polar surface area (TPSA) is 73.2 Å². The predicted molar refractivity (Wildman–Crippen MR) is 116 cm³/mol. The number of anilines is 1. The first-order valence-corrected chi connectivity index (χ1v) is 11.4. The molecule has 3 rings (SSSR count). The van der Waals surface area contributed by atoms with Gasteiger partial charge in [0.15, 0.2) is 0 Å². The lowest BCUT2D eigenvalue weighted by Crippen LogP contribution is -2.17. The molecule has 0 spiro atoms. The molecule has 1 N–H and O–H groups in total. The van der Waals surface area contributed by atoms with E-state index in [0.717, 1.165) is 29.2 Å². The number of hydrogen-bond acceptors (Lipinski definition) is 4. The summed E-state index contributed by atoms with van der Waals surface area (Å²) >= 11 is 0. The molecule has 0 amide bonds. The van der Waals surface area contributed by atoms with Crippen LogP contribution in [0.25, 0.3) is 0 Å². The van der Waals surface area contributed by atoms with Gasteiger partial charge in [-0.3, -0.25) is 9.40 Å². The van der Waals surface area contributed by atoms with E-state index in [2.05, 4.69) is 9.82 Å². The van der Waals surface area contributed by atoms with Gasteiger partial charge in [-0.1, -0.05) is 43.7 Å². The molecule has 0 atom stereocenters. The summed E-state index contributed by atoms with van der Waals surface area (Å²) in [5.41, 5.74) is 3.04. The van der Waals surface area contributed by atoms with Crippen LogP contribution in [0, 0.1) is 13.8 Å². The van der Waals surface area contributed by atoms with Crippen LogP contribution in [0.15, 0.2) is 54.6 Å². The fourth-order valence-corrected chi connectivity index (χ4v) is 4.42. The Hall–Kier alpha value is -2.80. The highest BCUT2D eigenvalue weighted by atomic mass is 32.2. The number of rotatable bonds is 9. The van der Waals surface area contributed by atoms with Crippen molar-refractivity contribution in [3.05, 3.63) is 71.5 Å². The number of aromatic nitrogens is 2. The second-order valence-electron chi connectivity index (χ2n) is 7.04. The van der Waals surface area contributed by atoms with Crippen LogP contribution >= 0.6 is 0 Å². The molecule has 29 heavy (non-hydrogen) atoms. The van der Waals surface area contributed by atoms with Crippen molar-refractivity contribution < 1.29 is 13.2 Å². The largest absolute Gasteiger partial charge is 0.457 e. The van der Waals surface area contributed by atoms with E-state index in [-0.39, 0.29) is 5.75 Å². The average Bonchev–Trinajstić information content (AvgIpc) is 2.94. The molecular weight excluding hydrogens is 386 g/mol. The molecule has 6 nitrogen and oxygen atoms in total. The Morgan fingerprint density at radius 1 is 1.03 bits per heavy atom. The molecule has 0 radical (unpaired) electrons. The van der Waals surface area contributed by atoms with E-state index in [9.17, 15) is 8.42 Å². The molecule has 0 bridgehead atoms. The average molecular weight is 414 g/mol. The summed E-state index contributed by atoms with van der Waals surface area (Å²) in [6, 6.07) is 17.4. The number of para-hydroxylation sites is 1. The molecule has 2 aromatic carbocycles. The van der Waals surface area contributed by atoms with Crippen LogP contribution in [0.5, 0.6) is 11.5 Å². The van der Waals surface area contributed by atoms with E-state index in [1.54, 1.807) is 0 Å². The minimum atomic E-state index is -3.37. The Kier molecular flexibility index (Phi) is 6.59. The highest BCUT2D eigenvalue weighted by Gasteiger charge is 2.18. The Morgan fingerprint density at radius 3 is 2.48 bits per heavy atom. The molecule has 1 heterocycles. The molecule has 3 aromatic rings. The summed E-state index contributed by atoms with van der Waals surface area (Å²) in [5, 5.41) is 4.53. The van der Waals surface area contributed by atoms with Gasteiger partial charge in [-0.05, 0) is 50.1 Å². The van der Waals surface area contributed by atoms with E-state index in [1.807, 2.05) is 80.1 Å². The molecule has 7 heteroatoms. The van der Waals surface area contributed by atoms with Gasteiger partial charge in [-0.25, -0.2) is 8.42 Å². The lowest BCUT2D eigenvalue weighted by Gasteiger charge is -2.10. The van der Waals surface area contributed by atoms with E-state index < -0.39 is 10.0 Å². The van der Waals surface area contributed by atoms with Gasteiger partial charge in [0.25, 0.3) is 0 Å². The van der Waals surface area contributed by atoms with Crippen molar-refractivity contribution in [2.45, 2.75) is 40.2 Å². The van der Waals surface area contributed by atoms with Crippen molar-refractivity contribution in [1.82, 2.24) is 9.78 Å². The molecule has 0 aliphatic carbocycles. The normalized spacial score (nSPS) is 11.4. The van der Waals surface area contributed by atoms with Gasteiger partial charge in [0.05, 0.1) is 29.4 Å². The smallest absolute Gasteiger partial charge is 0.232 e. The zero-order valence-electron chi connectivity index (χ0n) is 17.1. The standard InChI is InChI=1S/C22H27N3O3S/c1-4-5-14-29(26,27)24-22-17(2)23-25(18(22)3)16-19-10-9-13-21(15-19)28-20-11-7-6-8-12-20/h6-13,15,24H,4-5,14,16H2,1-3H3. The molecule has 0 aliphatic heterocycles. The summed E-state index contributed by atoms with van der Waals surface area (Å²) in [6.45, 7) is 6.19. The molecular formula is C22H27N3O3S. The number of benzene rings is 2. The predicted octanol–water partition coefficient (Wildman–Crippen LogP) is 4.88. The van der Waals surface area contributed by atoms with Crippen molar-refractivity contribution >= 4 is 15.7 Å². The third-order valence-electron chi connectivity index (χ3n) is 4.62. The number of nitrogens with one attached hydrogen (secondary N) is 1. The third kappa shape index (κ3) is 5.60. The molecule has 0 fully saturated rings. The van der Waals surface area contributed by atoms with Gasteiger partial charge >= 0.3 is 0 Å². The summed E-state index contributed by atoms with van der Waals surface area (Å²) < 4.78 is 35.0. The van der Waals surface area contributed by atoms with Gasteiger partial charge < -0.3 is 4.74 Å². The van der Waals surface area contributed by atoms with Crippen LogP contribution in [-0.4, -0.2) is 24.0 Å². The summed E-state index contributed by atoms with van der Waals surface area (Å²) in [4.78, 5) is 0. The monoisotopic (exact) mass is 413 g/mol. The van der Waals surface area contributed by atoms with Crippen LogP contribution in [0.2, 0.25) is 0 Å². The molecule has 0 unspecified atom stereocenters. The van der Waals surface area contributed by atoms with Crippen LogP contribution < -0.4 is 9.46 Å². The first kappa shape index (κ1) is 20.9. The third-order valence-corrected chi connectivity index (χ3v) is 5.96. The van der Waals surface area contributed by atoms with Gasteiger partial charge in [0.1, 0.15) is 11.5 Å². The summed E-state index contributed by atoms with van der Waals surface area (Å²) in [7, 11) is -3.37. The second-order valence-corrected chi connectivity index (χ2v) is 8.88. The van der Waals surface area contributed by atoms with Gasteiger partial charge in [0, 0.05) is 0 Å². The van der Waals surface area contributed by atoms with Gasteiger partial charge in [-0.15, -0.1) is 0 Å². The van der Waals surface area contributed by atoms with Crippen molar-refractivity contribution in [2.24, 2.45) is 0 Å². The highest BCUT2D eigenvalue weighted by molar-refractivity contribution is 7.92. The highest BCUT2D eigenvalue weighted by Crippen LogP contribution is 2.25. The van der Waals surface area contributed by atoms with Crippen molar-refractivity contribution in [3.8, 4) is 11.5 Å². The summed E-state index contributed by atoms with van der Waals surface area (Å²) in [5.74, 6) is 1.64. The zero-order chi connectivity index (χ0) is 20.9.